The molecule has 2 rings (SSSR count). The van der Waals surface area contributed by atoms with Gasteiger partial charge in [-0.3, -0.25) is 9.59 Å². The van der Waals surface area contributed by atoms with Crippen molar-refractivity contribution >= 4 is 17.9 Å². The van der Waals surface area contributed by atoms with E-state index in [1.807, 2.05) is 0 Å². The maximum absolute atomic E-state index is 12.8. The lowest BCUT2D eigenvalue weighted by molar-refractivity contribution is -0.141. The quantitative estimate of drug-likeness (QED) is 0.646. The van der Waals surface area contributed by atoms with Gasteiger partial charge in [-0.1, -0.05) is 0 Å². The fourth-order valence-corrected chi connectivity index (χ4v) is 3.12. The monoisotopic (exact) mass is 326 g/mol. The molecule has 0 aromatic heterocycles. The van der Waals surface area contributed by atoms with Gasteiger partial charge in [0.25, 0.3) is 0 Å². The van der Waals surface area contributed by atoms with Crippen LogP contribution >= 0.6 is 0 Å². The van der Waals surface area contributed by atoms with Gasteiger partial charge in [0.15, 0.2) is 0 Å². The molecule has 0 aromatic rings. The molecule has 8 nitrogen and oxygen atoms in total. The van der Waals surface area contributed by atoms with Gasteiger partial charge >= 0.3 is 6.09 Å². The molecule has 4 N–H and O–H groups in total. The third-order valence-electron chi connectivity index (χ3n) is 4.08. The Morgan fingerprint density at radius 1 is 1.30 bits per heavy atom. The van der Waals surface area contributed by atoms with E-state index in [9.17, 15) is 14.4 Å². The normalized spacial score (nSPS) is 28.6. The highest BCUT2D eigenvalue weighted by Gasteiger charge is 2.43. The maximum Gasteiger partial charge on any atom is 0.408 e. The molecule has 2 fully saturated rings. The number of ether oxygens (including phenoxy) is 1. The minimum Gasteiger partial charge on any atom is -0.444 e. The van der Waals surface area contributed by atoms with E-state index in [4.69, 9.17) is 10.5 Å². The van der Waals surface area contributed by atoms with Gasteiger partial charge in [0.05, 0.1) is 0 Å². The molecular weight excluding hydrogens is 300 g/mol. The first-order chi connectivity index (χ1) is 10.7. The van der Waals surface area contributed by atoms with Crippen molar-refractivity contribution in [2.75, 3.05) is 13.1 Å². The number of primary amides is 1. The topological polar surface area (TPSA) is 114 Å². The van der Waals surface area contributed by atoms with Gasteiger partial charge in [-0.25, -0.2) is 4.79 Å². The molecule has 3 unspecified atom stereocenters. The molecule has 23 heavy (non-hydrogen) atoms. The fraction of sp³-hybridized carbons (Fsp3) is 0.800. The summed E-state index contributed by atoms with van der Waals surface area (Å²) in [5.74, 6) is -0.778. The molecule has 2 aliphatic heterocycles. The van der Waals surface area contributed by atoms with Gasteiger partial charge in [-0.05, 0) is 46.6 Å². The summed E-state index contributed by atoms with van der Waals surface area (Å²) in [5.41, 5.74) is 4.78. The number of nitrogens with two attached hydrogens (primary N) is 1. The second-order valence-electron chi connectivity index (χ2n) is 7.09. The SMILES string of the molecule is CC(C)(C)OC(=O)NC1CNCCC2CCC(C(N)=O)N2C1=O. The zero-order valence-electron chi connectivity index (χ0n) is 13.9. The lowest BCUT2D eigenvalue weighted by Crippen LogP contribution is -2.60. The molecule has 0 spiro atoms. The molecule has 0 radical (unpaired) electrons. The highest BCUT2D eigenvalue weighted by atomic mass is 16.6. The zero-order valence-corrected chi connectivity index (χ0v) is 13.9. The Hall–Kier alpha value is -1.83. The largest absolute Gasteiger partial charge is 0.444 e. The average molecular weight is 326 g/mol. The molecule has 130 valence electrons. The van der Waals surface area contributed by atoms with Crippen LogP contribution in [0.15, 0.2) is 0 Å². The molecule has 2 heterocycles. The Morgan fingerprint density at radius 2 is 2.00 bits per heavy atom. The van der Waals surface area contributed by atoms with Gasteiger partial charge in [0, 0.05) is 12.6 Å². The van der Waals surface area contributed by atoms with E-state index in [2.05, 4.69) is 10.6 Å². The minimum atomic E-state index is -0.771. The van der Waals surface area contributed by atoms with Crippen molar-refractivity contribution < 1.29 is 19.1 Å². The van der Waals surface area contributed by atoms with Crippen LogP contribution in [0.4, 0.5) is 4.79 Å². The molecule has 8 heteroatoms. The van der Waals surface area contributed by atoms with Crippen LogP contribution in [0.25, 0.3) is 0 Å². The number of carbonyl (C=O) groups is 3. The Kier molecular flexibility index (Phi) is 5.13. The van der Waals surface area contributed by atoms with Crippen molar-refractivity contribution in [3.8, 4) is 0 Å². The predicted octanol–water partition coefficient (Wildman–Crippen LogP) is -0.282. The van der Waals surface area contributed by atoms with Gasteiger partial charge in [-0.2, -0.15) is 0 Å². The minimum absolute atomic E-state index is 0.0178. The van der Waals surface area contributed by atoms with Crippen LogP contribution in [0.3, 0.4) is 0 Å². The second-order valence-corrected chi connectivity index (χ2v) is 7.09. The van der Waals surface area contributed by atoms with E-state index in [1.54, 1.807) is 25.7 Å². The number of hydrogen-bond acceptors (Lipinski definition) is 5. The summed E-state index contributed by atoms with van der Waals surface area (Å²) >= 11 is 0. The highest BCUT2D eigenvalue weighted by Crippen LogP contribution is 2.27. The Morgan fingerprint density at radius 3 is 2.61 bits per heavy atom. The van der Waals surface area contributed by atoms with Gasteiger partial charge < -0.3 is 26.0 Å². The van der Waals surface area contributed by atoms with Crippen LogP contribution in [0.1, 0.15) is 40.0 Å². The summed E-state index contributed by atoms with van der Waals surface area (Å²) in [6.07, 6.45) is 1.45. The number of alkyl carbamates (subject to hydrolysis) is 1. The third-order valence-corrected chi connectivity index (χ3v) is 4.08. The van der Waals surface area contributed by atoms with Crippen LogP contribution in [0.2, 0.25) is 0 Å². The molecule has 0 aliphatic carbocycles. The predicted molar refractivity (Wildman–Crippen MR) is 83.5 cm³/mol. The lowest BCUT2D eigenvalue weighted by atomic mass is 10.1. The summed E-state index contributed by atoms with van der Waals surface area (Å²) < 4.78 is 5.21. The first-order valence-corrected chi connectivity index (χ1v) is 8.01. The average Bonchev–Trinajstić information content (AvgIpc) is 2.81. The molecule has 0 saturated carbocycles. The van der Waals surface area contributed by atoms with Gasteiger partial charge in [-0.15, -0.1) is 0 Å². The fourth-order valence-electron chi connectivity index (χ4n) is 3.12. The van der Waals surface area contributed by atoms with E-state index in [-0.39, 0.29) is 11.9 Å². The van der Waals surface area contributed by atoms with Crippen molar-refractivity contribution in [2.24, 2.45) is 5.73 Å². The third kappa shape index (κ3) is 4.34. The maximum atomic E-state index is 12.8. The molecular formula is C15H26N4O4. The van der Waals surface area contributed by atoms with E-state index >= 15 is 0 Å². The standard InChI is InChI=1S/C15H26N4O4/c1-15(2,3)23-14(22)18-10-8-17-7-6-9-4-5-11(12(16)20)19(9)13(10)21/h9-11,17H,4-8H2,1-3H3,(H2,16,20)(H,18,22). The molecule has 2 saturated heterocycles. The van der Waals surface area contributed by atoms with E-state index in [1.165, 1.54) is 0 Å². The Labute approximate surface area is 136 Å². The van der Waals surface area contributed by atoms with Gasteiger partial charge in [0.2, 0.25) is 11.8 Å². The number of fused-ring (bicyclic) bond motifs is 1. The van der Waals surface area contributed by atoms with Crippen LogP contribution in [0, 0.1) is 0 Å². The first-order valence-electron chi connectivity index (χ1n) is 8.01. The van der Waals surface area contributed by atoms with Crippen molar-refractivity contribution in [3.63, 3.8) is 0 Å². The highest BCUT2D eigenvalue weighted by molar-refractivity contribution is 5.91. The summed E-state index contributed by atoms with van der Waals surface area (Å²) in [6, 6.07) is -1.38. The van der Waals surface area contributed by atoms with Crippen LogP contribution < -0.4 is 16.4 Å². The van der Waals surface area contributed by atoms with E-state index in [0.29, 0.717) is 19.5 Å². The molecule has 3 amide bonds. The van der Waals surface area contributed by atoms with E-state index in [0.717, 1.165) is 12.8 Å². The summed E-state index contributed by atoms with van der Waals surface area (Å²) in [6.45, 7) is 6.28. The number of amides is 3. The number of nitrogens with one attached hydrogen (secondary N) is 2. The zero-order chi connectivity index (χ0) is 17.2. The molecule has 0 aromatic carbocycles. The molecule has 0 bridgehead atoms. The first kappa shape index (κ1) is 17.5. The molecule has 3 atom stereocenters. The lowest BCUT2D eigenvalue weighted by Gasteiger charge is -2.35. The van der Waals surface area contributed by atoms with E-state index < -0.39 is 29.7 Å². The van der Waals surface area contributed by atoms with Crippen LogP contribution in [-0.2, 0) is 14.3 Å². The number of rotatable bonds is 2. The summed E-state index contributed by atoms with van der Waals surface area (Å²) in [4.78, 5) is 37.9. The smallest absolute Gasteiger partial charge is 0.408 e. The number of nitrogens with zero attached hydrogens (tertiary/aromatic N) is 1. The summed E-state index contributed by atoms with van der Waals surface area (Å²) in [7, 11) is 0. The number of hydrogen-bond donors (Lipinski definition) is 3. The Balaban J connectivity index is 2.11. The van der Waals surface area contributed by atoms with Crippen molar-refractivity contribution in [3.05, 3.63) is 0 Å². The van der Waals surface area contributed by atoms with Crippen LogP contribution in [-0.4, -0.2) is 59.6 Å². The van der Waals surface area contributed by atoms with Crippen molar-refractivity contribution in [2.45, 2.75) is 63.8 Å². The van der Waals surface area contributed by atoms with Crippen molar-refractivity contribution in [1.82, 2.24) is 15.5 Å². The van der Waals surface area contributed by atoms with Gasteiger partial charge in [0.1, 0.15) is 17.7 Å². The number of carbonyl (C=O) groups excluding carboxylic acids is 3. The second kappa shape index (κ2) is 6.74. The molecule has 2 aliphatic rings. The summed E-state index contributed by atoms with van der Waals surface area (Å²) in [5, 5.41) is 5.76. The van der Waals surface area contributed by atoms with Crippen LogP contribution in [0.5, 0.6) is 0 Å². The Bertz CT molecular complexity index is 488. The van der Waals surface area contributed by atoms with Crippen molar-refractivity contribution in [1.29, 1.82) is 0 Å².